The third-order valence-corrected chi connectivity index (χ3v) is 26.6. The molecule has 26 rings (SSSR count). The fraction of sp³-hybridized carbons (Fsp3) is 0.0526. The summed E-state index contributed by atoms with van der Waals surface area (Å²) in [5, 5.41) is 14.8. The van der Waals surface area contributed by atoms with Crippen molar-refractivity contribution in [2.24, 2.45) is 0 Å². The molecule has 0 atom stereocenters. The van der Waals surface area contributed by atoms with Gasteiger partial charge in [0.15, 0.2) is 0 Å². The second-order valence-electron chi connectivity index (χ2n) is 33.9. The molecule has 8 heteroatoms. The van der Waals surface area contributed by atoms with Crippen molar-refractivity contribution in [2.45, 2.75) is 38.5 Å². The first-order chi connectivity index (χ1) is 60.1. The van der Waals surface area contributed by atoms with Crippen LogP contribution in [0.3, 0.4) is 0 Å². The largest absolute Gasteiger partial charge is 0.309 e. The first-order valence-electron chi connectivity index (χ1n) is 42.2. The number of hydrogen-bond donors (Lipinski definition) is 0. The van der Waals surface area contributed by atoms with E-state index in [-0.39, 0.29) is 10.8 Å². The van der Waals surface area contributed by atoms with E-state index in [1.54, 1.807) is 0 Å². The monoisotopic (exact) mass is 1560 g/mol. The van der Waals surface area contributed by atoms with Crippen LogP contribution in [-0.2, 0) is 10.8 Å². The summed E-state index contributed by atoms with van der Waals surface area (Å²) in [4.78, 5) is 22.2. The van der Waals surface area contributed by atoms with E-state index in [4.69, 9.17) is 19.9 Å². The van der Waals surface area contributed by atoms with Gasteiger partial charge in [0, 0.05) is 104 Å². The maximum atomic E-state index is 5.72. The second kappa shape index (κ2) is 26.4. The number of benzene rings is 18. The minimum Gasteiger partial charge on any atom is -0.309 e. The molecule has 0 unspecified atom stereocenters. The second-order valence-corrected chi connectivity index (χ2v) is 33.9. The molecule has 18 aromatic carbocycles. The number of fused-ring (bicyclic) bond motifs is 26. The van der Waals surface area contributed by atoms with Crippen LogP contribution in [0, 0.1) is 0 Å². The fourth-order valence-electron chi connectivity index (χ4n) is 21.0. The normalized spacial score (nSPS) is 13.2. The fourth-order valence-corrected chi connectivity index (χ4v) is 21.0. The van der Waals surface area contributed by atoms with E-state index in [1.807, 2.05) is 12.1 Å². The van der Waals surface area contributed by atoms with E-state index >= 15 is 0 Å². The van der Waals surface area contributed by atoms with E-state index in [0.717, 1.165) is 112 Å². The third-order valence-electron chi connectivity index (χ3n) is 26.6. The molecule has 0 N–H and O–H groups in total. The van der Waals surface area contributed by atoms with Crippen molar-refractivity contribution < 1.29 is 0 Å². The predicted molar refractivity (Wildman–Crippen MR) is 508 cm³/mol. The standard InChI is InChI=1S/C66H46N4.C48H30N4/c1-65(2)51-23-13-10-20-45(51)47-30-27-40(36-53(47)65)62-63(41-28-31-48-46-21-11-14-24-52(46)66(3,4)54(48)37-41)68-56-38-43(29-33-55(56)67-62)69-57-25-15-12-22-49(57)60-58(69)34-35-59-61(60)50-32-26-39-16-8-9-19-44(39)64(50)70(59)42-17-6-5-7-18-42;1-4-16-32(17-5-1)45-46(33-18-6-2-7-19-33)50-47-38(49-45)24-14-26-42(47)52-39-25-13-12-23-36(39)43-41(52)30-29-40-44(43)37-28-27-31-15-10-11-22-35(31)48(37)51(40)34-20-8-3-9-21-34/h5-38H,1-4H3;1-30H. The first-order valence-corrected chi connectivity index (χ1v) is 42.2. The summed E-state index contributed by atoms with van der Waals surface area (Å²) in [6, 6.07) is 141. The highest BCUT2D eigenvalue weighted by Crippen LogP contribution is 2.54. The first kappa shape index (κ1) is 69.5. The highest BCUT2D eigenvalue weighted by Gasteiger charge is 2.38. The van der Waals surface area contributed by atoms with Gasteiger partial charge >= 0.3 is 0 Å². The molecule has 0 saturated carbocycles. The lowest BCUT2D eigenvalue weighted by Crippen LogP contribution is -2.15. The van der Waals surface area contributed by atoms with Crippen molar-refractivity contribution in [2.75, 3.05) is 0 Å². The third kappa shape index (κ3) is 10.2. The van der Waals surface area contributed by atoms with E-state index < -0.39 is 0 Å². The van der Waals surface area contributed by atoms with Crippen LogP contribution in [0.25, 0.3) is 221 Å². The van der Waals surface area contributed by atoms with Crippen LogP contribution < -0.4 is 0 Å². The van der Waals surface area contributed by atoms with Crippen LogP contribution in [0.2, 0.25) is 0 Å². The Labute approximate surface area is 703 Å². The Kier molecular flexibility index (Phi) is 15.1. The van der Waals surface area contributed by atoms with Crippen LogP contribution >= 0.6 is 0 Å². The number of hydrogen-bond acceptors (Lipinski definition) is 4. The summed E-state index contributed by atoms with van der Waals surface area (Å²) in [5.41, 5.74) is 35.2. The van der Waals surface area contributed by atoms with E-state index in [9.17, 15) is 0 Å². The molecule has 8 nitrogen and oxygen atoms in total. The van der Waals surface area contributed by atoms with Gasteiger partial charge in [-0.25, -0.2) is 19.9 Å². The molecule has 6 heterocycles. The van der Waals surface area contributed by atoms with Gasteiger partial charge in [0.05, 0.1) is 89.1 Å². The van der Waals surface area contributed by atoms with Crippen molar-refractivity contribution in [3.63, 3.8) is 0 Å². The van der Waals surface area contributed by atoms with Crippen molar-refractivity contribution in [1.82, 2.24) is 38.2 Å². The average molecular weight is 1560 g/mol. The minimum atomic E-state index is -0.161. The van der Waals surface area contributed by atoms with Gasteiger partial charge in [-0.3, -0.25) is 0 Å². The van der Waals surface area contributed by atoms with Crippen LogP contribution in [0.5, 0.6) is 0 Å². The van der Waals surface area contributed by atoms with Gasteiger partial charge in [-0.1, -0.05) is 313 Å². The lowest BCUT2D eigenvalue weighted by Gasteiger charge is -2.23. The van der Waals surface area contributed by atoms with Gasteiger partial charge in [-0.15, -0.1) is 0 Å². The summed E-state index contributed by atoms with van der Waals surface area (Å²) in [5.74, 6) is 0. The van der Waals surface area contributed by atoms with Gasteiger partial charge in [0.2, 0.25) is 0 Å². The zero-order chi connectivity index (χ0) is 80.8. The van der Waals surface area contributed by atoms with Gasteiger partial charge in [-0.2, -0.15) is 0 Å². The number of para-hydroxylation sites is 5. The van der Waals surface area contributed by atoms with Crippen molar-refractivity contribution in [3.8, 4) is 90.0 Å². The molecule has 2 aliphatic carbocycles. The summed E-state index contributed by atoms with van der Waals surface area (Å²) >= 11 is 0. The smallest absolute Gasteiger partial charge is 0.113 e. The maximum Gasteiger partial charge on any atom is 0.113 e. The quantitative estimate of drug-likeness (QED) is 0.152. The lowest BCUT2D eigenvalue weighted by molar-refractivity contribution is 0.660. The molecular weight excluding hydrogens is 1480 g/mol. The Hall–Kier alpha value is -15.6. The molecular formula is C114H76N8. The molecule has 6 aromatic heterocycles. The highest BCUT2D eigenvalue weighted by molar-refractivity contribution is 6.33. The summed E-state index contributed by atoms with van der Waals surface area (Å²) in [6.07, 6.45) is 0. The Morgan fingerprint density at radius 3 is 1.13 bits per heavy atom. The Morgan fingerprint density at radius 1 is 0.213 bits per heavy atom. The highest BCUT2D eigenvalue weighted by atomic mass is 15.0. The summed E-state index contributed by atoms with van der Waals surface area (Å²) in [7, 11) is 0. The van der Waals surface area contributed by atoms with Crippen molar-refractivity contribution >= 4 is 131 Å². The van der Waals surface area contributed by atoms with Gasteiger partial charge in [0.1, 0.15) is 5.52 Å². The number of nitrogens with zero attached hydrogens (tertiary/aromatic N) is 8. The topological polar surface area (TPSA) is 71.3 Å². The molecule has 24 aromatic rings. The Morgan fingerprint density at radius 2 is 0.607 bits per heavy atom. The Balaban J connectivity index is 0.000000140. The number of rotatable bonds is 8. The van der Waals surface area contributed by atoms with Crippen LogP contribution in [0.1, 0.15) is 49.9 Å². The molecule has 122 heavy (non-hydrogen) atoms. The van der Waals surface area contributed by atoms with Gasteiger partial charge in [-0.05, 0) is 158 Å². The van der Waals surface area contributed by atoms with Gasteiger partial charge < -0.3 is 18.3 Å². The minimum absolute atomic E-state index is 0.150. The molecule has 0 amide bonds. The summed E-state index contributed by atoms with van der Waals surface area (Å²) < 4.78 is 9.73. The average Bonchev–Trinajstić information content (AvgIpc) is 1.53. The van der Waals surface area contributed by atoms with E-state index in [1.165, 1.54) is 131 Å². The van der Waals surface area contributed by atoms with E-state index in [0.29, 0.717) is 0 Å². The predicted octanol–water partition coefficient (Wildman–Crippen LogP) is 29.2. The molecule has 0 fully saturated rings. The van der Waals surface area contributed by atoms with Crippen LogP contribution in [0.4, 0.5) is 0 Å². The zero-order valence-electron chi connectivity index (χ0n) is 67.5. The molecule has 0 aliphatic heterocycles. The molecule has 0 radical (unpaired) electrons. The molecule has 572 valence electrons. The van der Waals surface area contributed by atoms with Crippen molar-refractivity contribution in [1.29, 1.82) is 0 Å². The Bertz CT molecular complexity index is 8560. The van der Waals surface area contributed by atoms with Crippen molar-refractivity contribution in [3.05, 3.63) is 411 Å². The zero-order valence-corrected chi connectivity index (χ0v) is 67.5. The van der Waals surface area contributed by atoms with Crippen LogP contribution in [-0.4, -0.2) is 38.2 Å². The molecule has 0 spiro atoms. The molecule has 2 aliphatic rings. The molecule has 0 saturated heterocycles. The van der Waals surface area contributed by atoms with Crippen LogP contribution in [0.15, 0.2) is 388 Å². The summed E-state index contributed by atoms with van der Waals surface area (Å²) in [6.45, 7) is 9.39. The van der Waals surface area contributed by atoms with E-state index in [2.05, 4.69) is 422 Å². The maximum absolute atomic E-state index is 5.72. The lowest BCUT2D eigenvalue weighted by atomic mass is 9.81. The number of aromatic nitrogens is 8. The van der Waals surface area contributed by atoms with Gasteiger partial charge in [0.25, 0.3) is 0 Å². The molecule has 0 bridgehead atoms. The SMILES string of the molecule is CC1(C)c2ccccc2-c2ccc(-c3nc4ccc(-n5c6ccccc6c6c7c8ccc9ccccc9c8n(-c8ccccc8)c7ccc65)cc4nc3-c3ccc4c(c3)C(C)(C)c3ccccc3-4)cc21.c1ccc(-c2nc3cccc(-n4c5ccccc5c5c6c7ccc8ccccc8c7n(-c7ccccc7)c6ccc54)c3nc2-c2ccccc2)cc1.